The van der Waals surface area contributed by atoms with Crippen LogP contribution in [0.2, 0.25) is 0 Å². The summed E-state index contributed by atoms with van der Waals surface area (Å²) >= 11 is 0. The summed E-state index contributed by atoms with van der Waals surface area (Å²) in [6, 6.07) is 17.0. The molecule has 0 aliphatic rings. The minimum absolute atomic E-state index is 0.288. The second-order valence-corrected chi connectivity index (χ2v) is 5.24. The molecule has 0 fully saturated rings. The molecule has 0 bridgehead atoms. The number of hydrogen-bond donors (Lipinski definition) is 1. The first kappa shape index (κ1) is 15.7. The molecule has 122 valence electrons. The van der Waals surface area contributed by atoms with Crippen molar-refractivity contribution in [3.05, 3.63) is 71.5 Å². The van der Waals surface area contributed by atoms with E-state index in [2.05, 4.69) is 15.4 Å². The van der Waals surface area contributed by atoms with E-state index in [4.69, 9.17) is 4.74 Å². The highest BCUT2D eigenvalue weighted by Gasteiger charge is 2.19. The lowest BCUT2D eigenvalue weighted by Gasteiger charge is -2.09. The largest absolute Gasteiger partial charge is 0.496 e. The number of aromatic nitrogens is 3. The molecule has 3 aromatic rings. The Bertz CT molecular complexity index is 843. The van der Waals surface area contributed by atoms with Gasteiger partial charge in [0, 0.05) is 6.54 Å². The average molecular weight is 322 g/mol. The number of anilines is 1. The summed E-state index contributed by atoms with van der Waals surface area (Å²) in [5.74, 6) is 1.15. The van der Waals surface area contributed by atoms with Crippen LogP contribution in [0.4, 0.5) is 5.95 Å². The molecule has 1 heterocycles. The van der Waals surface area contributed by atoms with E-state index in [1.807, 2.05) is 36.4 Å². The maximum Gasteiger partial charge on any atom is 0.285 e. The molecular weight excluding hydrogens is 304 g/mol. The van der Waals surface area contributed by atoms with Crippen LogP contribution >= 0.6 is 0 Å². The SMILES string of the molecule is COc1ccccc1C(=O)n1nc(C)nc1NCc1ccccc1. The van der Waals surface area contributed by atoms with Crippen LogP contribution in [-0.4, -0.2) is 27.8 Å². The molecule has 6 heteroatoms. The van der Waals surface area contributed by atoms with Gasteiger partial charge in [0.25, 0.3) is 5.91 Å². The number of ether oxygens (including phenoxy) is 1. The monoisotopic (exact) mass is 322 g/mol. The van der Waals surface area contributed by atoms with Crippen LogP contribution in [0.15, 0.2) is 54.6 Å². The maximum atomic E-state index is 12.8. The summed E-state index contributed by atoms with van der Waals surface area (Å²) in [5.41, 5.74) is 1.53. The molecule has 0 amide bonds. The van der Waals surface area contributed by atoms with Crippen molar-refractivity contribution in [2.75, 3.05) is 12.4 Å². The van der Waals surface area contributed by atoms with E-state index >= 15 is 0 Å². The van der Waals surface area contributed by atoms with Gasteiger partial charge in [0.05, 0.1) is 12.7 Å². The van der Waals surface area contributed by atoms with Gasteiger partial charge in [-0.2, -0.15) is 9.67 Å². The van der Waals surface area contributed by atoms with Gasteiger partial charge < -0.3 is 10.1 Å². The van der Waals surface area contributed by atoms with Crippen LogP contribution in [0.3, 0.4) is 0 Å². The third kappa shape index (κ3) is 3.27. The number of rotatable bonds is 5. The fourth-order valence-electron chi connectivity index (χ4n) is 2.38. The van der Waals surface area contributed by atoms with Gasteiger partial charge in [-0.1, -0.05) is 42.5 Å². The van der Waals surface area contributed by atoms with Crippen molar-refractivity contribution >= 4 is 11.9 Å². The number of methoxy groups -OCH3 is 1. The molecule has 0 saturated heterocycles. The highest BCUT2D eigenvalue weighted by Crippen LogP contribution is 2.20. The second kappa shape index (κ2) is 6.95. The smallest absolute Gasteiger partial charge is 0.285 e. The van der Waals surface area contributed by atoms with Crippen molar-refractivity contribution in [2.45, 2.75) is 13.5 Å². The van der Waals surface area contributed by atoms with Gasteiger partial charge in [0.2, 0.25) is 5.95 Å². The second-order valence-electron chi connectivity index (χ2n) is 5.24. The quantitative estimate of drug-likeness (QED) is 0.782. The number of carbonyl (C=O) groups is 1. The molecule has 1 aromatic heterocycles. The molecular formula is C18H18N4O2. The Labute approximate surface area is 140 Å². The van der Waals surface area contributed by atoms with E-state index in [0.717, 1.165) is 5.56 Å². The molecule has 0 unspecified atom stereocenters. The predicted molar refractivity (Wildman–Crippen MR) is 91.3 cm³/mol. The number of benzene rings is 2. The Kier molecular flexibility index (Phi) is 4.56. The third-order valence-electron chi connectivity index (χ3n) is 3.54. The lowest BCUT2D eigenvalue weighted by atomic mass is 10.2. The lowest BCUT2D eigenvalue weighted by Crippen LogP contribution is -2.18. The summed E-state index contributed by atoms with van der Waals surface area (Å²) in [5, 5.41) is 7.38. The van der Waals surface area contributed by atoms with Gasteiger partial charge >= 0.3 is 0 Å². The summed E-state index contributed by atoms with van der Waals surface area (Å²) < 4.78 is 6.54. The first-order chi connectivity index (χ1) is 11.7. The minimum atomic E-state index is -0.288. The normalized spacial score (nSPS) is 10.4. The van der Waals surface area contributed by atoms with Gasteiger partial charge in [0.15, 0.2) is 0 Å². The standard InChI is InChI=1S/C18H18N4O2/c1-13-20-18(19-12-14-8-4-3-5-9-14)22(21-13)17(23)15-10-6-7-11-16(15)24-2/h3-11H,12H2,1-2H3,(H,19,20,21). The molecule has 0 saturated carbocycles. The predicted octanol–water partition coefficient (Wildman–Crippen LogP) is 2.90. The van der Waals surface area contributed by atoms with Crippen LogP contribution in [0.1, 0.15) is 21.7 Å². The maximum absolute atomic E-state index is 12.8. The summed E-state index contributed by atoms with van der Waals surface area (Å²) in [4.78, 5) is 17.1. The molecule has 24 heavy (non-hydrogen) atoms. The van der Waals surface area contributed by atoms with Crippen LogP contribution < -0.4 is 10.1 Å². The fraction of sp³-hybridized carbons (Fsp3) is 0.167. The average Bonchev–Trinajstić information content (AvgIpc) is 3.01. The molecule has 0 aliphatic heterocycles. The molecule has 2 aromatic carbocycles. The van der Waals surface area contributed by atoms with Crippen molar-refractivity contribution in [3.8, 4) is 5.75 Å². The molecule has 0 aliphatic carbocycles. The molecule has 0 radical (unpaired) electrons. The Balaban J connectivity index is 1.87. The number of nitrogens with zero attached hydrogens (tertiary/aromatic N) is 3. The van der Waals surface area contributed by atoms with E-state index in [9.17, 15) is 4.79 Å². The third-order valence-corrected chi connectivity index (χ3v) is 3.54. The zero-order chi connectivity index (χ0) is 16.9. The van der Waals surface area contributed by atoms with E-state index in [1.54, 1.807) is 25.1 Å². The number of nitrogens with one attached hydrogen (secondary N) is 1. The molecule has 1 N–H and O–H groups in total. The lowest BCUT2D eigenvalue weighted by molar-refractivity contribution is 0.0944. The Morgan fingerprint density at radius 3 is 2.58 bits per heavy atom. The van der Waals surface area contributed by atoms with Crippen molar-refractivity contribution in [1.29, 1.82) is 0 Å². The van der Waals surface area contributed by atoms with Gasteiger partial charge in [-0.15, -0.1) is 5.10 Å². The van der Waals surface area contributed by atoms with Crippen molar-refractivity contribution in [1.82, 2.24) is 14.8 Å². The summed E-state index contributed by atoms with van der Waals surface area (Å²) in [6.07, 6.45) is 0. The number of carbonyl (C=O) groups excluding carboxylic acids is 1. The number of para-hydroxylation sites is 1. The zero-order valence-corrected chi connectivity index (χ0v) is 13.6. The van der Waals surface area contributed by atoms with Gasteiger partial charge in [0.1, 0.15) is 11.6 Å². The van der Waals surface area contributed by atoms with Crippen LogP contribution in [0, 0.1) is 6.92 Å². The summed E-state index contributed by atoms with van der Waals surface area (Å²) in [6.45, 7) is 2.30. The Hall–Kier alpha value is -3.15. The van der Waals surface area contributed by atoms with Crippen LogP contribution in [-0.2, 0) is 6.54 Å². The zero-order valence-electron chi connectivity index (χ0n) is 13.6. The van der Waals surface area contributed by atoms with E-state index in [1.165, 1.54) is 11.8 Å². The first-order valence-corrected chi connectivity index (χ1v) is 7.58. The number of hydrogen-bond acceptors (Lipinski definition) is 5. The van der Waals surface area contributed by atoms with Crippen molar-refractivity contribution in [3.63, 3.8) is 0 Å². The topological polar surface area (TPSA) is 69.0 Å². The van der Waals surface area contributed by atoms with Crippen molar-refractivity contribution in [2.24, 2.45) is 0 Å². The highest BCUT2D eigenvalue weighted by atomic mass is 16.5. The molecule has 0 atom stereocenters. The fourth-order valence-corrected chi connectivity index (χ4v) is 2.38. The van der Waals surface area contributed by atoms with Gasteiger partial charge in [-0.25, -0.2) is 0 Å². The van der Waals surface area contributed by atoms with E-state index < -0.39 is 0 Å². The highest BCUT2D eigenvalue weighted by molar-refractivity contribution is 5.99. The Morgan fingerprint density at radius 1 is 1.12 bits per heavy atom. The molecule has 3 rings (SSSR count). The molecule has 6 nitrogen and oxygen atoms in total. The molecule has 0 spiro atoms. The van der Waals surface area contributed by atoms with Crippen molar-refractivity contribution < 1.29 is 9.53 Å². The summed E-state index contributed by atoms with van der Waals surface area (Å²) in [7, 11) is 1.53. The first-order valence-electron chi connectivity index (χ1n) is 7.58. The minimum Gasteiger partial charge on any atom is -0.496 e. The van der Waals surface area contributed by atoms with Crippen LogP contribution in [0.5, 0.6) is 5.75 Å². The van der Waals surface area contributed by atoms with Crippen LogP contribution in [0.25, 0.3) is 0 Å². The van der Waals surface area contributed by atoms with E-state index in [0.29, 0.717) is 29.6 Å². The van der Waals surface area contributed by atoms with Gasteiger partial charge in [-0.05, 0) is 24.6 Å². The van der Waals surface area contributed by atoms with Gasteiger partial charge in [-0.3, -0.25) is 4.79 Å². The van der Waals surface area contributed by atoms with E-state index in [-0.39, 0.29) is 5.91 Å². The number of aryl methyl sites for hydroxylation is 1. The Morgan fingerprint density at radius 2 is 1.83 bits per heavy atom.